The van der Waals surface area contributed by atoms with Crippen LogP contribution >= 0.6 is 15.9 Å². The Kier molecular flexibility index (Phi) is 4.24. The van der Waals surface area contributed by atoms with E-state index in [1.54, 1.807) is 11.0 Å². The molecule has 4 nitrogen and oxygen atoms in total. The van der Waals surface area contributed by atoms with Gasteiger partial charge in [-0.05, 0) is 52.7 Å². The quantitative estimate of drug-likeness (QED) is 0.906. The molecule has 0 radical (unpaired) electrons. The molecule has 1 aliphatic rings. The maximum absolute atomic E-state index is 12.3. The minimum Gasteiger partial charge on any atom is -0.322 e. The highest BCUT2D eigenvalue weighted by Gasteiger charge is 2.21. The highest BCUT2D eigenvalue weighted by Crippen LogP contribution is 2.25. The van der Waals surface area contributed by atoms with Gasteiger partial charge in [0.2, 0.25) is 5.91 Å². The van der Waals surface area contributed by atoms with Crippen molar-refractivity contribution in [3.05, 3.63) is 58.6 Å². The average Bonchev–Trinajstić information content (AvgIpc) is 2.94. The zero-order chi connectivity index (χ0) is 15.5. The topological polar surface area (TPSA) is 49.4 Å². The summed E-state index contributed by atoms with van der Waals surface area (Å²) in [5, 5.41) is 2.87. The summed E-state index contributed by atoms with van der Waals surface area (Å²) in [4.78, 5) is 25.9. The first-order valence-electron chi connectivity index (χ1n) is 7.11. The molecule has 22 heavy (non-hydrogen) atoms. The Balaban J connectivity index is 1.80. The molecule has 0 unspecified atom stereocenters. The summed E-state index contributed by atoms with van der Waals surface area (Å²) in [5.74, 6) is -0.0494. The lowest BCUT2D eigenvalue weighted by Crippen LogP contribution is -2.23. The van der Waals surface area contributed by atoms with E-state index in [9.17, 15) is 9.59 Å². The third-order valence-corrected chi connectivity index (χ3v) is 4.30. The maximum Gasteiger partial charge on any atom is 0.256 e. The molecule has 0 saturated carbocycles. The van der Waals surface area contributed by atoms with E-state index < -0.39 is 0 Å². The number of hydrogen-bond acceptors (Lipinski definition) is 2. The first-order chi connectivity index (χ1) is 10.6. The van der Waals surface area contributed by atoms with Crippen molar-refractivity contribution in [2.24, 2.45) is 0 Å². The third kappa shape index (κ3) is 3.04. The summed E-state index contributed by atoms with van der Waals surface area (Å²) in [6, 6.07) is 14.6. The van der Waals surface area contributed by atoms with Gasteiger partial charge in [0.15, 0.2) is 0 Å². The van der Waals surface area contributed by atoms with Crippen LogP contribution in [-0.2, 0) is 4.79 Å². The van der Waals surface area contributed by atoms with E-state index in [1.165, 1.54) is 0 Å². The van der Waals surface area contributed by atoms with Crippen molar-refractivity contribution in [1.82, 2.24) is 0 Å². The highest BCUT2D eigenvalue weighted by molar-refractivity contribution is 9.10. The number of hydrogen-bond donors (Lipinski definition) is 1. The van der Waals surface area contributed by atoms with Gasteiger partial charge in [0, 0.05) is 28.8 Å². The first-order valence-corrected chi connectivity index (χ1v) is 7.91. The first kappa shape index (κ1) is 14.8. The maximum atomic E-state index is 12.3. The molecule has 2 aromatic carbocycles. The molecule has 0 aromatic heterocycles. The number of halogens is 1. The van der Waals surface area contributed by atoms with Crippen molar-refractivity contribution >= 4 is 39.1 Å². The van der Waals surface area contributed by atoms with Gasteiger partial charge in [-0.15, -0.1) is 0 Å². The highest BCUT2D eigenvalue weighted by atomic mass is 79.9. The van der Waals surface area contributed by atoms with E-state index in [0.717, 1.165) is 23.1 Å². The number of benzene rings is 2. The Labute approximate surface area is 137 Å². The van der Waals surface area contributed by atoms with Gasteiger partial charge >= 0.3 is 0 Å². The Morgan fingerprint density at radius 1 is 1.14 bits per heavy atom. The minimum absolute atomic E-state index is 0.134. The SMILES string of the molecule is O=C(Nc1cccc(N2CCCC2=O)c1)c1ccccc1Br. The summed E-state index contributed by atoms with van der Waals surface area (Å²) in [6.07, 6.45) is 1.47. The predicted molar refractivity (Wildman–Crippen MR) is 90.1 cm³/mol. The van der Waals surface area contributed by atoms with Gasteiger partial charge in [0.05, 0.1) is 5.56 Å². The zero-order valence-electron chi connectivity index (χ0n) is 11.9. The van der Waals surface area contributed by atoms with E-state index in [2.05, 4.69) is 21.2 Å². The van der Waals surface area contributed by atoms with Crippen molar-refractivity contribution in [3.8, 4) is 0 Å². The van der Waals surface area contributed by atoms with Crippen LogP contribution in [0.4, 0.5) is 11.4 Å². The molecule has 1 aliphatic heterocycles. The van der Waals surface area contributed by atoms with Gasteiger partial charge in [0.25, 0.3) is 5.91 Å². The lowest BCUT2D eigenvalue weighted by atomic mass is 10.2. The number of anilines is 2. The van der Waals surface area contributed by atoms with Gasteiger partial charge in [0.1, 0.15) is 0 Å². The third-order valence-electron chi connectivity index (χ3n) is 3.61. The summed E-state index contributed by atoms with van der Waals surface area (Å²) in [7, 11) is 0. The lowest BCUT2D eigenvalue weighted by molar-refractivity contribution is -0.117. The molecule has 0 aliphatic carbocycles. The number of amides is 2. The molecule has 1 N–H and O–H groups in total. The number of nitrogens with one attached hydrogen (secondary N) is 1. The van der Waals surface area contributed by atoms with Crippen molar-refractivity contribution in [2.45, 2.75) is 12.8 Å². The van der Waals surface area contributed by atoms with Crippen molar-refractivity contribution < 1.29 is 9.59 Å². The molecule has 0 bridgehead atoms. The second-order valence-corrected chi connectivity index (χ2v) is 5.99. The Bertz CT molecular complexity index is 730. The van der Waals surface area contributed by atoms with Crippen LogP contribution < -0.4 is 10.2 Å². The Morgan fingerprint density at radius 3 is 2.68 bits per heavy atom. The van der Waals surface area contributed by atoms with Crippen molar-refractivity contribution in [3.63, 3.8) is 0 Å². The molecule has 1 saturated heterocycles. The molecule has 0 spiro atoms. The van der Waals surface area contributed by atoms with Crippen LogP contribution in [0.3, 0.4) is 0 Å². The predicted octanol–water partition coefficient (Wildman–Crippen LogP) is 3.83. The standard InChI is InChI=1S/C17H15BrN2O2/c18-15-8-2-1-7-14(15)17(22)19-12-5-3-6-13(11-12)20-10-4-9-16(20)21/h1-3,5-8,11H,4,9-10H2,(H,19,22). The fourth-order valence-electron chi connectivity index (χ4n) is 2.52. The Hall–Kier alpha value is -2.14. The molecular weight excluding hydrogens is 344 g/mol. The molecule has 5 heteroatoms. The van der Waals surface area contributed by atoms with E-state index in [4.69, 9.17) is 0 Å². The summed E-state index contributed by atoms with van der Waals surface area (Å²) in [6.45, 7) is 0.737. The van der Waals surface area contributed by atoms with Crippen LogP contribution in [0.2, 0.25) is 0 Å². The second-order valence-electron chi connectivity index (χ2n) is 5.13. The van der Waals surface area contributed by atoms with Gasteiger partial charge < -0.3 is 10.2 Å². The van der Waals surface area contributed by atoms with Crippen LogP contribution in [0.1, 0.15) is 23.2 Å². The van der Waals surface area contributed by atoms with Crippen LogP contribution in [0.25, 0.3) is 0 Å². The fourth-order valence-corrected chi connectivity index (χ4v) is 2.98. The van der Waals surface area contributed by atoms with Gasteiger partial charge in [-0.2, -0.15) is 0 Å². The normalized spacial score (nSPS) is 14.2. The molecule has 2 aromatic rings. The monoisotopic (exact) mass is 358 g/mol. The average molecular weight is 359 g/mol. The smallest absolute Gasteiger partial charge is 0.256 e. The van der Waals surface area contributed by atoms with Crippen LogP contribution in [0.15, 0.2) is 53.0 Å². The molecule has 0 atom stereocenters. The molecular formula is C17H15BrN2O2. The number of carbonyl (C=O) groups is 2. The van der Waals surface area contributed by atoms with Gasteiger partial charge in [-0.25, -0.2) is 0 Å². The molecule has 1 fully saturated rings. The molecule has 2 amide bonds. The number of carbonyl (C=O) groups excluding carboxylic acids is 2. The summed E-state index contributed by atoms with van der Waals surface area (Å²) < 4.78 is 0.748. The Morgan fingerprint density at radius 2 is 1.95 bits per heavy atom. The summed E-state index contributed by atoms with van der Waals surface area (Å²) in [5.41, 5.74) is 2.08. The number of nitrogens with zero attached hydrogens (tertiary/aromatic N) is 1. The fraction of sp³-hybridized carbons (Fsp3) is 0.176. The molecule has 1 heterocycles. The lowest BCUT2D eigenvalue weighted by Gasteiger charge is -2.17. The van der Waals surface area contributed by atoms with E-state index >= 15 is 0 Å². The number of rotatable bonds is 3. The van der Waals surface area contributed by atoms with Gasteiger partial charge in [-0.1, -0.05) is 18.2 Å². The molecule has 112 valence electrons. The second kappa shape index (κ2) is 6.32. The van der Waals surface area contributed by atoms with Crippen LogP contribution in [0, 0.1) is 0 Å². The van der Waals surface area contributed by atoms with Crippen LogP contribution in [-0.4, -0.2) is 18.4 Å². The van der Waals surface area contributed by atoms with E-state index in [1.807, 2.05) is 42.5 Å². The minimum atomic E-state index is -0.183. The van der Waals surface area contributed by atoms with Crippen LogP contribution in [0.5, 0.6) is 0 Å². The van der Waals surface area contributed by atoms with Gasteiger partial charge in [-0.3, -0.25) is 9.59 Å². The van der Waals surface area contributed by atoms with Crippen molar-refractivity contribution in [2.75, 3.05) is 16.8 Å². The molecule has 3 rings (SSSR count). The van der Waals surface area contributed by atoms with E-state index in [-0.39, 0.29) is 11.8 Å². The summed E-state index contributed by atoms with van der Waals surface area (Å²) >= 11 is 3.37. The van der Waals surface area contributed by atoms with Crippen molar-refractivity contribution in [1.29, 1.82) is 0 Å². The largest absolute Gasteiger partial charge is 0.322 e. The van der Waals surface area contributed by atoms with E-state index in [0.29, 0.717) is 17.7 Å². The zero-order valence-corrected chi connectivity index (χ0v) is 13.5.